The summed E-state index contributed by atoms with van der Waals surface area (Å²) in [5.74, 6) is 0. The van der Waals surface area contributed by atoms with Crippen LogP contribution in [0.25, 0.3) is 5.57 Å². The van der Waals surface area contributed by atoms with Gasteiger partial charge in [-0.2, -0.15) is 0 Å². The molecule has 0 aromatic heterocycles. The van der Waals surface area contributed by atoms with Crippen molar-refractivity contribution in [3.8, 4) is 0 Å². The normalized spacial score (nSPS) is 9.67. The number of benzene rings is 1. The molecule has 0 nitrogen and oxygen atoms in total. The smallest absolute Gasteiger partial charge is 0.110 e. The van der Waals surface area contributed by atoms with Crippen LogP contribution in [0.1, 0.15) is 12.5 Å². The lowest BCUT2D eigenvalue weighted by Gasteiger charge is -2.04. The molecule has 0 aliphatic heterocycles. The van der Waals surface area contributed by atoms with Gasteiger partial charge in [-0.05, 0) is 24.1 Å². The maximum Gasteiger partial charge on any atom is 0.110 e. The summed E-state index contributed by atoms with van der Waals surface area (Å²) in [5, 5.41) is 0. The van der Waals surface area contributed by atoms with Gasteiger partial charge >= 0.3 is 0 Å². The van der Waals surface area contributed by atoms with Crippen molar-refractivity contribution >= 4 is 41.4 Å². The van der Waals surface area contributed by atoms with E-state index in [1.807, 2.05) is 31.2 Å². The molecular weight excluding hydrogens is 211 g/mol. The predicted molar refractivity (Wildman–Crippen MR) is 58.0 cm³/mol. The summed E-state index contributed by atoms with van der Waals surface area (Å²) in [6.45, 7) is 1.87. The van der Waals surface area contributed by atoms with Crippen LogP contribution in [0.2, 0.25) is 0 Å². The Labute approximate surface area is 87.6 Å². The monoisotopic (exact) mass is 218 g/mol. The molecule has 0 bridgehead atoms. The first-order valence-corrected chi connectivity index (χ1v) is 4.63. The van der Waals surface area contributed by atoms with Crippen LogP contribution in [0, 0.1) is 0 Å². The minimum Gasteiger partial charge on any atom is -0.143 e. The predicted octanol–water partition coefficient (Wildman–Crippen LogP) is 4.14. The highest BCUT2D eigenvalue weighted by molar-refractivity contribution is 7.80. The molecule has 64 valence electrons. The van der Waals surface area contributed by atoms with Crippen molar-refractivity contribution in [2.75, 3.05) is 0 Å². The second-order valence-electron chi connectivity index (χ2n) is 2.40. The van der Waals surface area contributed by atoms with Gasteiger partial charge in [-0.15, -0.1) is 12.6 Å². The van der Waals surface area contributed by atoms with E-state index < -0.39 is 0 Å². The van der Waals surface area contributed by atoms with E-state index in [-0.39, 0.29) is 4.49 Å². The van der Waals surface area contributed by atoms with Crippen molar-refractivity contribution in [3.63, 3.8) is 0 Å². The number of halogens is 2. The SMILES string of the molecule is CC(=C(Cl)Cl)c1ccccc1S. The van der Waals surface area contributed by atoms with Crippen LogP contribution in [0.5, 0.6) is 0 Å². The van der Waals surface area contributed by atoms with Gasteiger partial charge in [0.05, 0.1) is 0 Å². The zero-order valence-corrected chi connectivity index (χ0v) is 8.92. The third-order valence-corrected chi connectivity index (χ3v) is 2.55. The molecule has 0 unspecified atom stereocenters. The molecule has 0 spiro atoms. The first-order chi connectivity index (χ1) is 5.63. The first kappa shape index (κ1) is 9.97. The highest BCUT2D eigenvalue weighted by atomic mass is 35.5. The molecule has 1 aromatic rings. The summed E-state index contributed by atoms with van der Waals surface area (Å²) in [4.78, 5) is 0.883. The van der Waals surface area contributed by atoms with Crippen LogP contribution in [0.4, 0.5) is 0 Å². The van der Waals surface area contributed by atoms with Crippen LogP contribution in [-0.4, -0.2) is 0 Å². The molecule has 0 fully saturated rings. The fourth-order valence-corrected chi connectivity index (χ4v) is 1.42. The topological polar surface area (TPSA) is 0 Å². The Hall–Kier alpha value is -0.110. The van der Waals surface area contributed by atoms with Crippen molar-refractivity contribution in [1.82, 2.24) is 0 Å². The van der Waals surface area contributed by atoms with E-state index in [9.17, 15) is 0 Å². The van der Waals surface area contributed by atoms with Gasteiger partial charge in [0.25, 0.3) is 0 Å². The Morgan fingerprint density at radius 2 is 1.83 bits per heavy atom. The van der Waals surface area contributed by atoms with Crippen LogP contribution < -0.4 is 0 Å². The van der Waals surface area contributed by atoms with Gasteiger partial charge in [0, 0.05) is 4.90 Å². The molecule has 0 aliphatic carbocycles. The second kappa shape index (κ2) is 4.22. The van der Waals surface area contributed by atoms with E-state index in [0.29, 0.717) is 0 Å². The van der Waals surface area contributed by atoms with Crippen molar-refractivity contribution in [2.45, 2.75) is 11.8 Å². The van der Waals surface area contributed by atoms with E-state index in [2.05, 4.69) is 12.6 Å². The molecule has 0 atom stereocenters. The van der Waals surface area contributed by atoms with Crippen LogP contribution in [0.15, 0.2) is 33.7 Å². The van der Waals surface area contributed by atoms with E-state index in [4.69, 9.17) is 23.2 Å². The highest BCUT2D eigenvalue weighted by Crippen LogP contribution is 2.27. The molecular formula is C9H8Cl2S. The Balaban J connectivity index is 3.21. The lowest BCUT2D eigenvalue weighted by atomic mass is 10.1. The molecule has 0 aliphatic rings. The summed E-state index contributed by atoms with van der Waals surface area (Å²) in [7, 11) is 0. The van der Waals surface area contributed by atoms with Crippen molar-refractivity contribution < 1.29 is 0 Å². The number of thiol groups is 1. The minimum absolute atomic E-state index is 0.288. The Bertz CT molecular complexity index is 314. The number of rotatable bonds is 1. The molecule has 0 amide bonds. The van der Waals surface area contributed by atoms with Crippen LogP contribution in [-0.2, 0) is 0 Å². The van der Waals surface area contributed by atoms with E-state index in [1.165, 1.54) is 0 Å². The van der Waals surface area contributed by atoms with Crippen molar-refractivity contribution in [2.24, 2.45) is 0 Å². The maximum absolute atomic E-state index is 5.65. The average Bonchev–Trinajstić information content (AvgIpc) is 2.04. The second-order valence-corrected chi connectivity index (χ2v) is 3.83. The van der Waals surface area contributed by atoms with Gasteiger partial charge in [-0.25, -0.2) is 0 Å². The van der Waals surface area contributed by atoms with Gasteiger partial charge in [-0.3, -0.25) is 0 Å². The third kappa shape index (κ3) is 2.19. The summed E-state index contributed by atoms with van der Waals surface area (Å²) < 4.78 is 0.288. The van der Waals surface area contributed by atoms with Gasteiger partial charge in [0.2, 0.25) is 0 Å². The minimum atomic E-state index is 0.288. The lowest BCUT2D eigenvalue weighted by molar-refractivity contribution is 1.39. The Morgan fingerprint density at radius 1 is 1.25 bits per heavy atom. The fourth-order valence-electron chi connectivity index (χ4n) is 0.893. The van der Waals surface area contributed by atoms with Crippen LogP contribution in [0.3, 0.4) is 0 Å². The van der Waals surface area contributed by atoms with Gasteiger partial charge in [0.15, 0.2) is 0 Å². The maximum atomic E-state index is 5.65. The summed E-state index contributed by atoms with van der Waals surface area (Å²) in [5.41, 5.74) is 1.82. The van der Waals surface area contributed by atoms with Crippen LogP contribution >= 0.6 is 35.8 Å². The van der Waals surface area contributed by atoms with Gasteiger partial charge in [-0.1, -0.05) is 41.4 Å². The van der Waals surface area contributed by atoms with Gasteiger partial charge in [0.1, 0.15) is 4.49 Å². The Morgan fingerprint density at radius 3 is 2.33 bits per heavy atom. The van der Waals surface area contributed by atoms with Crippen molar-refractivity contribution in [3.05, 3.63) is 34.3 Å². The molecule has 0 radical (unpaired) electrons. The third-order valence-electron chi connectivity index (χ3n) is 1.59. The highest BCUT2D eigenvalue weighted by Gasteiger charge is 2.02. The first-order valence-electron chi connectivity index (χ1n) is 3.43. The summed E-state index contributed by atoms with van der Waals surface area (Å²) in [6.07, 6.45) is 0. The van der Waals surface area contributed by atoms with E-state index in [0.717, 1.165) is 16.0 Å². The molecule has 12 heavy (non-hydrogen) atoms. The summed E-state index contributed by atoms with van der Waals surface area (Å²) >= 11 is 15.6. The molecule has 1 rings (SSSR count). The largest absolute Gasteiger partial charge is 0.143 e. The van der Waals surface area contributed by atoms with Gasteiger partial charge < -0.3 is 0 Å². The molecule has 3 heteroatoms. The fraction of sp³-hybridized carbons (Fsp3) is 0.111. The molecule has 0 heterocycles. The zero-order chi connectivity index (χ0) is 9.14. The number of allylic oxidation sites excluding steroid dienone is 1. The standard InChI is InChI=1S/C9H8Cl2S/c1-6(9(10)11)7-4-2-3-5-8(7)12/h2-5,12H,1H3. The average molecular weight is 219 g/mol. The summed E-state index contributed by atoms with van der Waals surface area (Å²) in [6, 6.07) is 7.68. The molecule has 0 N–H and O–H groups in total. The van der Waals surface area contributed by atoms with E-state index >= 15 is 0 Å². The number of hydrogen-bond acceptors (Lipinski definition) is 1. The molecule has 1 aromatic carbocycles. The van der Waals surface area contributed by atoms with Crippen molar-refractivity contribution in [1.29, 1.82) is 0 Å². The Kier molecular flexibility index (Phi) is 3.51. The zero-order valence-electron chi connectivity index (χ0n) is 6.51. The quantitative estimate of drug-likeness (QED) is 0.674. The van der Waals surface area contributed by atoms with E-state index in [1.54, 1.807) is 0 Å². The molecule has 0 saturated carbocycles. The number of hydrogen-bond donors (Lipinski definition) is 1. The lowest BCUT2D eigenvalue weighted by Crippen LogP contribution is -1.81. The molecule has 0 saturated heterocycles.